The van der Waals surface area contributed by atoms with E-state index < -0.39 is 5.97 Å². The van der Waals surface area contributed by atoms with Crippen LogP contribution in [0.2, 0.25) is 0 Å². The first-order valence-electron chi connectivity index (χ1n) is 7.95. The molecule has 3 aromatic rings. The molecule has 0 aliphatic heterocycles. The molecule has 3 aromatic carbocycles. The number of carboxylic acids is 1. The van der Waals surface area contributed by atoms with Gasteiger partial charge in [-0.25, -0.2) is 9.18 Å². The molecule has 0 spiro atoms. The highest BCUT2D eigenvalue weighted by atomic mass is 19.1. The smallest absolute Gasteiger partial charge is 0.337 e. The van der Waals surface area contributed by atoms with E-state index in [0.717, 1.165) is 11.1 Å². The van der Waals surface area contributed by atoms with Crippen LogP contribution in [0.5, 0.6) is 0 Å². The Balaban J connectivity index is 1.99. The summed E-state index contributed by atoms with van der Waals surface area (Å²) in [6, 6.07) is 17.7. The first-order valence-corrected chi connectivity index (χ1v) is 7.95. The van der Waals surface area contributed by atoms with Crippen LogP contribution in [0.4, 0.5) is 15.8 Å². The van der Waals surface area contributed by atoms with Crippen LogP contribution in [0.3, 0.4) is 0 Å². The fourth-order valence-electron chi connectivity index (χ4n) is 2.60. The van der Waals surface area contributed by atoms with Crippen molar-refractivity contribution in [1.82, 2.24) is 0 Å². The summed E-state index contributed by atoms with van der Waals surface area (Å²) in [5.74, 6) is -1.45. The minimum Gasteiger partial charge on any atom is -0.478 e. The number of ketones is 1. The SMILES string of the molecule is CC(=O)c1ccc(-c2ccc(C(=O)O)c(Nc3ccc(F)cc3)c2)cc1. The maximum absolute atomic E-state index is 13.1. The average molecular weight is 349 g/mol. The normalized spacial score (nSPS) is 10.4. The van der Waals surface area contributed by atoms with Crippen molar-refractivity contribution in [3.63, 3.8) is 0 Å². The molecule has 130 valence electrons. The van der Waals surface area contributed by atoms with Gasteiger partial charge in [0.2, 0.25) is 0 Å². The Labute approximate surface area is 149 Å². The Morgan fingerprint density at radius 2 is 1.50 bits per heavy atom. The standard InChI is InChI=1S/C21H16FNO3/c1-13(24)14-2-4-15(5-3-14)16-6-11-19(21(25)26)20(12-16)23-18-9-7-17(22)8-10-18/h2-12,23H,1H3,(H,25,26). The molecule has 0 atom stereocenters. The van der Waals surface area contributed by atoms with E-state index >= 15 is 0 Å². The van der Waals surface area contributed by atoms with Crippen LogP contribution in [0.25, 0.3) is 11.1 Å². The first-order chi connectivity index (χ1) is 12.4. The second kappa shape index (κ2) is 7.19. The monoisotopic (exact) mass is 349 g/mol. The summed E-state index contributed by atoms with van der Waals surface area (Å²) in [5.41, 5.74) is 3.36. The summed E-state index contributed by atoms with van der Waals surface area (Å²) in [4.78, 5) is 22.9. The molecule has 2 N–H and O–H groups in total. The number of benzene rings is 3. The lowest BCUT2D eigenvalue weighted by atomic mass is 10.00. The number of carboxylic acid groups (broad SMARTS) is 1. The topological polar surface area (TPSA) is 66.4 Å². The van der Waals surface area contributed by atoms with E-state index in [0.29, 0.717) is 16.9 Å². The Hall–Kier alpha value is -3.47. The van der Waals surface area contributed by atoms with Crippen molar-refractivity contribution < 1.29 is 19.1 Å². The molecular formula is C21H16FNO3. The molecule has 0 bridgehead atoms. The van der Waals surface area contributed by atoms with Gasteiger partial charge in [0.05, 0.1) is 11.3 Å². The molecule has 0 saturated heterocycles. The lowest BCUT2D eigenvalue weighted by Crippen LogP contribution is -2.03. The molecule has 0 heterocycles. The van der Waals surface area contributed by atoms with E-state index in [1.54, 1.807) is 24.3 Å². The van der Waals surface area contributed by atoms with Gasteiger partial charge < -0.3 is 10.4 Å². The van der Waals surface area contributed by atoms with Crippen LogP contribution < -0.4 is 5.32 Å². The number of Topliss-reactive ketones (excluding diaryl/α,β-unsaturated/α-hetero) is 1. The highest BCUT2D eigenvalue weighted by Gasteiger charge is 2.12. The summed E-state index contributed by atoms with van der Waals surface area (Å²) in [7, 11) is 0. The minimum absolute atomic E-state index is 0.0172. The third-order valence-electron chi connectivity index (χ3n) is 4.00. The highest BCUT2D eigenvalue weighted by Crippen LogP contribution is 2.28. The molecule has 0 fully saturated rings. The van der Waals surface area contributed by atoms with E-state index in [1.807, 2.05) is 12.1 Å². The van der Waals surface area contributed by atoms with E-state index in [2.05, 4.69) is 5.32 Å². The maximum atomic E-state index is 13.1. The molecule has 0 aromatic heterocycles. The summed E-state index contributed by atoms with van der Waals surface area (Å²) >= 11 is 0. The van der Waals surface area contributed by atoms with Crippen molar-refractivity contribution in [3.8, 4) is 11.1 Å². The predicted octanol–water partition coefficient (Wildman–Crippen LogP) is 5.14. The fourth-order valence-corrected chi connectivity index (χ4v) is 2.60. The van der Waals surface area contributed by atoms with Crippen LogP contribution in [-0.2, 0) is 0 Å². The van der Waals surface area contributed by atoms with Gasteiger partial charge in [0.25, 0.3) is 0 Å². The molecule has 0 aliphatic carbocycles. The van der Waals surface area contributed by atoms with Gasteiger partial charge in [-0.2, -0.15) is 0 Å². The third-order valence-corrected chi connectivity index (χ3v) is 4.00. The number of nitrogens with one attached hydrogen (secondary N) is 1. The van der Waals surface area contributed by atoms with Crippen molar-refractivity contribution in [3.05, 3.63) is 83.7 Å². The minimum atomic E-state index is -1.06. The van der Waals surface area contributed by atoms with E-state index in [1.165, 1.54) is 37.3 Å². The van der Waals surface area contributed by atoms with Crippen LogP contribution in [-0.4, -0.2) is 16.9 Å². The van der Waals surface area contributed by atoms with Crippen LogP contribution in [0.1, 0.15) is 27.6 Å². The van der Waals surface area contributed by atoms with E-state index in [4.69, 9.17) is 0 Å². The number of carbonyl (C=O) groups excluding carboxylic acids is 1. The quantitative estimate of drug-likeness (QED) is 0.626. The molecule has 4 nitrogen and oxygen atoms in total. The molecule has 0 aliphatic rings. The predicted molar refractivity (Wildman–Crippen MR) is 98.5 cm³/mol. The molecule has 5 heteroatoms. The summed E-state index contributed by atoms with van der Waals surface area (Å²) in [6.07, 6.45) is 0. The number of aromatic carboxylic acids is 1. The molecule has 26 heavy (non-hydrogen) atoms. The van der Waals surface area contributed by atoms with Gasteiger partial charge in [0, 0.05) is 11.3 Å². The van der Waals surface area contributed by atoms with Crippen molar-refractivity contribution in [1.29, 1.82) is 0 Å². The lowest BCUT2D eigenvalue weighted by molar-refractivity contribution is 0.0697. The molecular weight excluding hydrogens is 333 g/mol. The van der Waals surface area contributed by atoms with Gasteiger partial charge in [-0.05, 0) is 54.4 Å². The molecule has 0 radical (unpaired) electrons. The number of halogens is 1. The molecule has 0 amide bonds. The Morgan fingerprint density at radius 1 is 0.885 bits per heavy atom. The lowest BCUT2D eigenvalue weighted by Gasteiger charge is -2.12. The maximum Gasteiger partial charge on any atom is 0.337 e. The van der Waals surface area contributed by atoms with Crippen molar-refractivity contribution in [2.45, 2.75) is 6.92 Å². The zero-order valence-corrected chi connectivity index (χ0v) is 14.0. The van der Waals surface area contributed by atoms with Crippen LogP contribution in [0.15, 0.2) is 66.7 Å². The second-order valence-corrected chi connectivity index (χ2v) is 5.83. The molecule has 0 saturated carbocycles. The fraction of sp³-hybridized carbons (Fsp3) is 0.0476. The zero-order valence-electron chi connectivity index (χ0n) is 14.0. The summed E-state index contributed by atoms with van der Waals surface area (Å²) < 4.78 is 13.1. The zero-order chi connectivity index (χ0) is 18.7. The number of hydrogen-bond acceptors (Lipinski definition) is 3. The van der Waals surface area contributed by atoms with Crippen molar-refractivity contribution in [2.24, 2.45) is 0 Å². The number of carbonyl (C=O) groups is 2. The average Bonchev–Trinajstić information content (AvgIpc) is 2.63. The number of hydrogen-bond donors (Lipinski definition) is 2. The van der Waals surface area contributed by atoms with Gasteiger partial charge in [-0.15, -0.1) is 0 Å². The van der Waals surface area contributed by atoms with Gasteiger partial charge in [0.15, 0.2) is 5.78 Å². The Kier molecular flexibility index (Phi) is 4.80. The highest BCUT2D eigenvalue weighted by molar-refractivity contribution is 5.97. The number of anilines is 2. The number of rotatable bonds is 5. The van der Waals surface area contributed by atoms with E-state index in [-0.39, 0.29) is 17.2 Å². The van der Waals surface area contributed by atoms with Gasteiger partial charge >= 0.3 is 5.97 Å². The van der Waals surface area contributed by atoms with Gasteiger partial charge in [-0.1, -0.05) is 30.3 Å². The third kappa shape index (κ3) is 3.78. The molecule has 3 rings (SSSR count). The van der Waals surface area contributed by atoms with E-state index in [9.17, 15) is 19.1 Å². The Bertz CT molecular complexity index is 964. The Morgan fingerprint density at radius 3 is 2.08 bits per heavy atom. The van der Waals surface area contributed by atoms with Gasteiger partial charge in [0.1, 0.15) is 5.82 Å². The summed E-state index contributed by atoms with van der Waals surface area (Å²) in [6.45, 7) is 1.50. The molecule has 0 unspecified atom stereocenters. The van der Waals surface area contributed by atoms with Crippen molar-refractivity contribution in [2.75, 3.05) is 5.32 Å². The first kappa shape index (κ1) is 17.4. The van der Waals surface area contributed by atoms with Crippen LogP contribution in [0, 0.1) is 5.82 Å². The second-order valence-electron chi connectivity index (χ2n) is 5.83. The van der Waals surface area contributed by atoms with Gasteiger partial charge in [-0.3, -0.25) is 4.79 Å². The van der Waals surface area contributed by atoms with Crippen LogP contribution >= 0.6 is 0 Å². The summed E-state index contributed by atoms with van der Waals surface area (Å²) in [5, 5.41) is 12.4. The largest absolute Gasteiger partial charge is 0.478 e. The van der Waals surface area contributed by atoms with Crippen molar-refractivity contribution >= 4 is 23.1 Å².